The minimum Gasteiger partial charge on any atom is -0.353 e. The molecule has 2 amide bonds. The molecule has 0 aromatic rings. The average Bonchev–Trinajstić information content (AvgIpc) is 2.49. The third kappa shape index (κ3) is 6.45. The van der Waals surface area contributed by atoms with Crippen LogP contribution in [0.15, 0.2) is 0 Å². The predicted octanol–water partition coefficient (Wildman–Crippen LogP) is 3.85. The molecule has 1 aliphatic rings. The van der Waals surface area contributed by atoms with E-state index in [2.05, 4.69) is 39.9 Å². The predicted molar refractivity (Wildman–Crippen MR) is 99.6 cm³/mol. The molecule has 1 saturated heterocycles. The van der Waals surface area contributed by atoms with Crippen LogP contribution in [0.4, 0.5) is 0 Å². The summed E-state index contributed by atoms with van der Waals surface area (Å²) in [5.41, 5.74) is 0.0683. The van der Waals surface area contributed by atoms with Gasteiger partial charge >= 0.3 is 0 Å². The molecule has 1 fully saturated rings. The highest BCUT2D eigenvalue weighted by molar-refractivity contribution is 5.81. The third-order valence-corrected chi connectivity index (χ3v) is 5.07. The lowest BCUT2D eigenvalue weighted by Crippen LogP contribution is -2.49. The standard InChI is InChI=1S/C20H38N2O2/c1-14(2)8-9-17(20(5,6)7)21-18(23)16-10-12-22(13-11-16)19(24)15(3)4/h14-17H,8-13H2,1-7H3,(H,21,23)/t17-/m0/s1. The molecule has 24 heavy (non-hydrogen) atoms. The van der Waals surface area contributed by atoms with Gasteiger partial charge in [-0.05, 0) is 37.0 Å². The molecule has 0 bridgehead atoms. The van der Waals surface area contributed by atoms with Crippen molar-refractivity contribution in [1.29, 1.82) is 0 Å². The number of hydrogen-bond acceptors (Lipinski definition) is 2. The van der Waals surface area contributed by atoms with Gasteiger partial charge in [0.1, 0.15) is 0 Å². The Bertz CT molecular complexity index is 416. The first-order chi connectivity index (χ1) is 11.0. The zero-order valence-corrected chi connectivity index (χ0v) is 16.8. The molecule has 0 spiro atoms. The molecule has 0 aromatic heterocycles. The molecule has 0 aromatic carbocycles. The van der Waals surface area contributed by atoms with Gasteiger partial charge in [0.25, 0.3) is 0 Å². The molecule has 140 valence electrons. The fraction of sp³-hybridized carbons (Fsp3) is 0.900. The van der Waals surface area contributed by atoms with Crippen molar-refractivity contribution in [2.24, 2.45) is 23.2 Å². The third-order valence-electron chi connectivity index (χ3n) is 5.07. The van der Waals surface area contributed by atoms with E-state index in [1.165, 1.54) is 0 Å². The van der Waals surface area contributed by atoms with Gasteiger partial charge in [0.05, 0.1) is 0 Å². The number of nitrogens with zero attached hydrogens (tertiary/aromatic N) is 1. The number of nitrogens with one attached hydrogen (secondary N) is 1. The Labute approximate surface area is 148 Å². The van der Waals surface area contributed by atoms with Gasteiger partial charge in [-0.25, -0.2) is 0 Å². The number of rotatable bonds is 6. The second-order valence-electron chi connectivity index (χ2n) is 9.15. The SMILES string of the molecule is CC(C)CC[C@H](NC(=O)C1CCN(C(=O)C(C)C)CC1)C(C)(C)C. The lowest BCUT2D eigenvalue weighted by atomic mass is 9.82. The van der Waals surface area contributed by atoms with Gasteiger partial charge in [0.2, 0.25) is 11.8 Å². The van der Waals surface area contributed by atoms with Crippen molar-refractivity contribution >= 4 is 11.8 Å². The fourth-order valence-corrected chi connectivity index (χ4v) is 3.24. The highest BCUT2D eigenvalue weighted by atomic mass is 16.2. The van der Waals surface area contributed by atoms with Crippen molar-refractivity contribution in [3.63, 3.8) is 0 Å². The maximum absolute atomic E-state index is 12.7. The summed E-state index contributed by atoms with van der Waals surface area (Å²) in [4.78, 5) is 26.7. The van der Waals surface area contributed by atoms with Crippen molar-refractivity contribution < 1.29 is 9.59 Å². The lowest BCUT2D eigenvalue weighted by molar-refractivity contribution is -0.138. The maximum Gasteiger partial charge on any atom is 0.225 e. The molecular weight excluding hydrogens is 300 g/mol. The average molecular weight is 339 g/mol. The van der Waals surface area contributed by atoms with Crippen molar-refractivity contribution in [2.45, 2.75) is 80.2 Å². The first kappa shape index (κ1) is 21.0. The normalized spacial score (nSPS) is 18.1. The summed E-state index contributed by atoms with van der Waals surface area (Å²) in [6.45, 7) is 16.3. The van der Waals surface area contributed by atoms with Crippen LogP contribution in [0.2, 0.25) is 0 Å². The Morgan fingerprint density at radius 1 is 1.04 bits per heavy atom. The quantitative estimate of drug-likeness (QED) is 0.800. The second-order valence-corrected chi connectivity index (χ2v) is 9.15. The molecule has 0 saturated carbocycles. The summed E-state index contributed by atoms with van der Waals surface area (Å²) < 4.78 is 0. The van der Waals surface area contributed by atoms with Crippen molar-refractivity contribution in [3.05, 3.63) is 0 Å². The molecule has 0 unspecified atom stereocenters. The van der Waals surface area contributed by atoms with Gasteiger partial charge in [0.15, 0.2) is 0 Å². The molecule has 4 nitrogen and oxygen atoms in total. The van der Waals surface area contributed by atoms with E-state index in [1.54, 1.807) is 0 Å². The zero-order chi connectivity index (χ0) is 18.5. The number of carbonyl (C=O) groups excluding carboxylic acids is 2. The Hall–Kier alpha value is -1.06. The monoisotopic (exact) mass is 338 g/mol. The Morgan fingerprint density at radius 2 is 1.58 bits per heavy atom. The van der Waals surface area contributed by atoms with Gasteiger partial charge in [-0.2, -0.15) is 0 Å². The van der Waals surface area contributed by atoms with E-state index in [1.807, 2.05) is 18.7 Å². The highest BCUT2D eigenvalue weighted by Gasteiger charge is 2.32. The summed E-state index contributed by atoms with van der Waals surface area (Å²) in [6.07, 6.45) is 3.72. The largest absolute Gasteiger partial charge is 0.353 e. The Morgan fingerprint density at radius 3 is 2.00 bits per heavy atom. The van der Waals surface area contributed by atoms with Gasteiger partial charge in [-0.3, -0.25) is 9.59 Å². The number of carbonyl (C=O) groups is 2. The second kappa shape index (κ2) is 8.87. The molecule has 1 heterocycles. The summed E-state index contributed by atoms with van der Waals surface area (Å²) in [5, 5.41) is 3.31. The first-order valence-corrected chi connectivity index (χ1v) is 9.61. The van der Waals surface area contributed by atoms with Gasteiger partial charge in [-0.1, -0.05) is 48.5 Å². The van der Waals surface area contributed by atoms with Crippen molar-refractivity contribution in [1.82, 2.24) is 10.2 Å². The van der Waals surface area contributed by atoms with Crippen molar-refractivity contribution in [3.8, 4) is 0 Å². The van der Waals surface area contributed by atoms with Crippen LogP contribution in [0, 0.1) is 23.2 Å². The number of likely N-dealkylation sites (tertiary alicyclic amines) is 1. The van der Waals surface area contributed by atoms with Crippen LogP contribution in [0.3, 0.4) is 0 Å². The highest BCUT2D eigenvalue weighted by Crippen LogP contribution is 2.26. The van der Waals surface area contributed by atoms with E-state index in [4.69, 9.17) is 0 Å². The van der Waals surface area contributed by atoms with Crippen LogP contribution in [0.25, 0.3) is 0 Å². The van der Waals surface area contributed by atoms with E-state index in [0.29, 0.717) is 19.0 Å². The maximum atomic E-state index is 12.7. The van der Waals surface area contributed by atoms with Crippen LogP contribution >= 0.6 is 0 Å². The molecule has 0 aliphatic carbocycles. The molecule has 1 atom stereocenters. The summed E-state index contributed by atoms with van der Waals surface area (Å²) in [6, 6.07) is 0.211. The molecule has 1 N–H and O–H groups in total. The number of hydrogen-bond donors (Lipinski definition) is 1. The van der Waals surface area contributed by atoms with Crippen molar-refractivity contribution in [2.75, 3.05) is 13.1 Å². The van der Waals surface area contributed by atoms with E-state index < -0.39 is 0 Å². The molecule has 0 radical (unpaired) electrons. The van der Waals surface area contributed by atoms with E-state index in [0.717, 1.165) is 25.7 Å². The minimum absolute atomic E-state index is 0.0386. The van der Waals surface area contributed by atoms with Crippen LogP contribution in [0.5, 0.6) is 0 Å². The molecule has 1 aliphatic heterocycles. The van der Waals surface area contributed by atoms with Gasteiger partial charge < -0.3 is 10.2 Å². The first-order valence-electron chi connectivity index (χ1n) is 9.61. The lowest BCUT2D eigenvalue weighted by Gasteiger charge is -2.36. The topological polar surface area (TPSA) is 49.4 Å². The Kier molecular flexibility index (Phi) is 7.75. The summed E-state index contributed by atoms with van der Waals surface area (Å²) >= 11 is 0. The van der Waals surface area contributed by atoms with Crippen LogP contribution < -0.4 is 5.32 Å². The van der Waals surface area contributed by atoms with Gasteiger partial charge in [-0.15, -0.1) is 0 Å². The number of piperidine rings is 1. The zero-order valence-electron chi connectivity index (χ0n) is 16.8. The molecular formula is C20H38N2O2. The van der Waals surface area contributed by atoms with Crippen LogP contribution in [-0.4, -0.2) is 35.8 Å². The smallest absolute Gasteiger partial charge is 0.225 e. The van der Waals surface area contributed by atoms with E-state index in [-0.39, 0.29) is 35.1 Å². The van der Waals surface area contributed by atoms with Crippen LogP contribution in [0.1, 0.15) is 74.1 Å². The van der Waals surface area contributed by atoms with E-state index in [9.17, 15) is 9.59 Å². The van der Waals surface area contributed by atoms with Crippen LogP contribution in [-0.2, 0) is 9.59 Å². The van der Waals surface area contributed by atoms with Gasteiger partial charge in [0, 0.05) is 31.0 Å². The Balaban J connectivity index is 2.56. The number of amides is 2. The molecule has 4 heteroatoms. The fourth-order valence-electron chi connectivity index (χ4n) is 3.24. The summed E-state index contributed by atoms with van der Waals surface area (Å²) in [5.74, 6) is 1.12. The summed E-state index contributed by atoms with van der Waals surface area (Å²) in [7, 11) is 0. The van der Waals surface area contributed by atoms with E-state index >= 15 is 0 Å². The minimum atomic E-state index is 0.0386. The molecule has 1 rings (SSSR count).